The zero-order valence-electron chi connectivity index (χ0n) is 25.2. The van der Waals surface area contributed by atoms with E-state index in [1.54, 1.807) is 78.9 Å². The molecule has 0 aliphatic rings. The molecule has 2 N–H and O–H groups in total. The van der Waals surface area contributed by atoms with Crippen molar-refractivity contribution in [1.82, 2.24) is 0 Å². The van der Waals surface area contributed by atoms with Crippen LogP contribution >= 0.6 is 0 Å². The van der Waals surface area contributed by atoms with Crippen molar-refractivity contribution in [1.29, 1.82) is 0 Å². The predicted octanol–water partition coefficient (Wildman–Crippen LogP) is 8.31. The van der Waals surface area contributed by atoms with Gasteiger partial charge >= 0.3 is 11.9 Å². The molecule has 0 aliphatic carbocycles. The van der Waals surface area contributed by atoms with Crippen molar-refractivity contribution >= 4 is 46.1 Å². The second kappa shape index (κ2) is 17.8. The van der Waals surface area contributed by atoms with E-state index in [0.717, 1.165) is 17.8 Å². The zero-order valence-corrected chi connectivity index (χ0v) is 25.2. The van der Waals surface area contributed by atoms with Gasteiger partial charge in [0.2, 0.25) is 0 Å². The summed E-state index contributed by atoms with van der Waals surface area (Å²) < 4.78 is 35.4. The van der Waals surface area contributed by atoms with E-state index in [9.17, 15) is 14.0 Å². The van der Waals surface area contributed by atoms with Gasteiger partial charge in [-0.25, -0.2) is 14.0 Å². The molecule has 0 spiro atoms. The third-order valence-corrected chi connectivity index (χ3v) is 5.92. The van der Waals surface area contributed by atoms with Crippen molar-refractivity contribution < 1.29 is 32.9 Å². The maximum Gasteiger partial charge on any atom is 0.330 e. The third-order valence-electron chi connectivity index (χ3n) is 5.92. The van der Waals surface area contributed by atoms with Gasteiger partial charge in [-0.3, -0.25) is 0 Å². The molecule has 4 aromatic rings. The quantitative estimate of drug-likeness (QED) is 0.0386. The Balaban J connectivity index is 1.20. The Morgan fingerprint density at radius 1 is 0.596 bits per heavy atom. The molecule has 0 heterocycles. The van der Waals surface area contributed by atoms with Crippen molar-refractivity contribution in [2.45, 2.75) is 0 Å². The average molecular weight is 639 g/mol. The smallest absolute Gasteiger partial charge is 0.330 e. The van der Waals surface area contributed by atoms with E-state index in [2.05, 4.69) is 44.5 Å². The predicted molar refractivity (Wildman–Crippen MR) is 175 cm³/mol. The molecular weight excluding hydrogens is 607 g/mol. The fourth-order valence-corrected chi connectivity index (χ4v) is 3.59. The van der Waals surface area contributed by atoms with Crippen LogP contribution < -0.4 is 20.3 Å². The van der Waals surface area contributed by atoms with Crippen LogP contribution in [0.25, 0.3) is 0 Å². The number of hydrogen-bond donors (Lipinski definition) is 2. The number of halogens is 1. The molecule has 240 valence electrons. The van der Waals surface area contributed by atoms with Crippen molar-refractivity contribution in [3.05, 3.63) is 122 Å². The molecule has 4 rings (SSSR count). The van der Waals surface area contributed by atoms with Gasteiger partial charge in [0.05, 0.1) is 28.4 Å². The number of hydrazine groups is 1. The van der Waals surface area contributed by atoms with Gasteiger partial charge in [-0.05, 0) is 84.9 Å². The van der Waals surface area contributed by atoms with Crippen LogP contribution in [0, 0.1) is 5.82 Å². The fraction of sp³-hybridized carbons (Fsp3) is 0.118. The lowest BCUT2D eigenvalue weighted by molar-refractivity contribution is -0.139. The van der Waals surface area contributed by atoms with Crippen LogP contribution in [0.1, 0.15) is 0 Å². The number of carbonyl (C=O) groups excluding carboxylic acids is 2. The molecule has 0 atom stereocenters. The van der Waals surface area contributed by atoms with E-state index in [4.69, 9.17) is 18.9 Å². The first-order chi connectivity index (χ1) is 22.9. The van der Waals surface area contributed by atoms with Crippen molar-refractivity contribution in [2.75, 3.05) is 37.3 Å². The summed E-state index contributed by atoms with van der Waals surface area (Å²) in [4.78, 5) is 22.1. The Morgan fingerprint density at radius 2 is 1.02 bits per heavy atom. The van der Waals surface area contributed by atoms with Gasteiger partial charge in [0, 0.05) is 18.2 Å². The maximum absolute atomic E-state index is 14.7. The molecule has 12 nitrogen and oxygen atoms in total. The highest BCUT2D eigenvalue weighted by molar-refractivity contribution is 5.81. The van der Waals surface area contributed by atoms with Gasteiger partial charge in [-0.1, -0.05) is 13.2 Å². The summed E-state index contributed by atoms with van der Waals surface area (Å²) in [5.41, 5.74) is 9.00. The van der Waals surface area contributed by atoms with E-state index in [1.807, 2.05) is 0 Å². The highest BCUT2D eigenvalue weighted by Gasteiger charge is 2.04. The fourth-order valence-electron chi connectivity index (χ4n) is 3.59. The molecule has 0 fully saturated rings. The second-order valence-electron chi connectivity index (χ2n) is 9.29. The number of azo groups is 2. The van der Waals surface area contributed by atoms with Crippen LogP contribution in [-0.4, -0.2) is 38.4 Å². The lowest BCUT2D eigenvalue weighted by atomic mass is 10.2. The summed E-state index contributed by atoms with van der Waals surface area (Å²) in [6.07, 6.45) is 2.18. The Bertz CT molecular complexity index is 1710. The van der Waals surface area contributed by atoms with E-state index < -0.39 is 17.8 Å². The van der Waals surface area contributed by atoms with Crippen LogP contribution in [0.15, 0.2) is 137 Å². The first kappa shape index (κ1) is 33.5. The number of nitrogens with zero attached hydrogens (tertiary/aromatic N) is 4. The molecule has 47 heavy (non-hydrogen) atoms. The second-order valence-corrected chi connectivity index (χ2v) is 9.29. The summed E-state index contributed by atoms with van der Waals surface area (Å²) in [5.74, 6) is -0.400. The van der Waals surface area contributed by atoms with Crippen molar-refractivity contribution in [3.8, 4) is 11.5 Å². The molecule has 0 radical (unpaired) electrons. The first-order valence-electron chi connectivity index (χ1n) is 14.2. The van der Waals surface area contributed by atoms with E-state index >= 15 is 0 Å². The first-order valence-corrected chi connectivity index (χ1v) is 14.2. The Morgan fingerprint density at radius 3 is 1.49 bits per heavy atom. The van der Waals surface area contributed by atoms with Gasteiger partial charge in [0.25, 0.3) is 0 Å². The summed E-state index contributed by atoms with van der Waals surface area (Å²) in [6.45, 7) is 7.28. The highest BCUT2D eigenvalue weighted by Crippen LogP contribution is 2.26. The Labute approximate surface area is 270 Å². The number of benzene rings is 4. The van der Waals surface area contributed by atoms with Gasteiger partial charge in [-0.2, -0.15) is 15.3 Å². The van der Waals surface area contributed by atoms with Crippen LogP contribution in [0.2, 0.25) is 0 Å². The minimum atomic E-state index is -0.557. The number of esters is 2. The number of anilines is 2. The largest absolute Gasteiger partial charge is 0.490 e. The minimum Gasteiger partial charge on any atom is -0.490 e. The van der Waals surface area contributed by atoms with Gasteiger partial charge in [-0.15, -0.1) is 5.11 Å². The summed E-state index contributed by atoms with van der Waals surface area (Å²) in [5, 5.41) is 16.5. The number of carbonyl (C=O) groups is 2. The van der Waals surface area contributed by atoms with Crippen LogP contribution in [0.4, 0.5) is 38.5 Å². The minimum absolute atomic E-state index is 0.0725. The molecule has 0 amide bonds. The average Bonchev–Trinajstić information content (AvgIpc) is 3.11. The summed E-state index contributed by atoms with van der Waals surface area (Å²) >= 11 is 0. The number of rotatable bonds is 17. The van der Waals surface area contributed by atoms with Gasteiger partial charge in [0.15, 0.2) is 5.82 Å². The molecule has 0 unspecified atom stereocenters. The number of ether oxygens (including phenoxy) is 4. The maximum atomic E-state index is 14.7. The lowest BCUT2D eigenvalue weighted by Crippen LogP contribution is -2.09. The normalized spacial score (nSPS) is 10.7. The highest BCUT2D eigenvalue weighted by atomic mass is 19.1. The topological polar surface area (TPSA) is 145 Å². The van der Waals surface area contributed by atoms with E-state index in [-0.39, 0.29) is 32.1 Å². The molecule has 4 aromatic carbocycles. The third kappa shape index (κ3) is 11.6. The Kier molecular flexibility index (Phi) is 12.7. The Hall–Kier alpha value is -6.37. The van der Waals surface area contributed by atoms with E-state index in [0.29, 0.717) is 34.2 Å². The van der Waals surface area contributed by atoms with Crippen molar-refractivity contribution in [2.24, 2.45) is 20.5 Å². The number of hydrogen-bond acceptors (Lipinski definition) is 12. The standard InChI is InChI=1S/C34H31FN6O6/c1-3-33(42)46-21-19-44-29-14-9-26(10-15-29)37-36-24-5-7-25(8-6-24)38-40-28-13-18-32(31(35)23-28)41-39-27-11-16-30(17-12-27)45-20-22-47-34(43)4-2/h3-18,23,38,40H,1-2,19-22H2. The molecule has 0 saturated carbocycles. The lowest BCUT2D eigenvalue weighted by Gasteiger charge is -2.10. The number of nitrogens with one attached hydrogen (secondary N) is 2. The molecular formula is C34H31FN6O6. The van der Waals surface area contributed by atoms with Gasteiger partial charge < -0.3 is 29.8 Å². The van der Waals surface area contributed by atoms with Gasteiger partial charge in [0.1, 0.15) is 43.6 Å². The summed E-state index contributed by atoms with van der Waals surface area (Å²) in [6, 6.07) is 25.3. The summed E-state index contributed by atoms with van der Waals surface area (Å²) in [7, 11) is 0. The van der Waals surface area contributed by atoms with Crippen LogP contribution in [0.3, 0.4) is 0 Å². The van der Waals surface area contributed by atoms with E-state index in [1.165, 1.54) is 12.1 Å². The molecule has 0 saturated heterocycles. The zero-order chi connectivity index (χ0) is 33.3. The molecule has 0 bridgehead atoms. The molecule has 0 aliphatic heterocycles. The van der Waals surface area contributed by atoms with Crippen LogP contribution in [-0.2, 0) is 19.1 Å². The molecule has 0 aromatic heterocycles. The van der Waals surface area contributed by atoms with Crippen LogP contribution in [0.5, 0.6) is 11.5 Å². The van der Waals surface area contributed by atoms with Crippen molar-refractivity contribution in [3.63, 3.8) is 0 Å². The SMILES string of the molecule is C=CC(=O)OCCOc1ccc(N=Nc2ccc(NNc3ccc(N=Nc4ccc(OCCOC(=O)C=C)cc4)c(F)c3)cc2)cc1. The monoisotopic (exact) mass is 638 g/mol. The molecule has 13 heteroatoms.